The summed E-state index contributed by atoms with van der Waals surface area (Å²) >= 11 is 3.32. The monoisotopic (exact) mass is 254 g/mol. The van der Waals surface area contributed by atoms with E-state index in [0.717, 1.165) is 15.6 Å². The first-order valence-electron chi connectivity index (χ1n) is 4.20. The van der Waals surface area contributed by atoms with Crippen molar-refractivity contribution in [1.29, 1.82) is 5.26 Å². The Labute approximate surface area is 91.3 Å². The van der Waals surface area contributed by atoms with Crippen molar-refractivity contribution in [3.05, 3.63) is 33.8 Å². The maximum absolute atomic E-state index is 9.07. The van der Waals surface area contributed by atoms with Crippen LogP contribution in [0.4, 0.5) is 0 Å². The van der Waals surface area contributed by atoms with Crippen LogP contribution in [0.1, 0.15) is 23.6 Å². The van der Waals surface area contributed by atoms with Gasteiger partial charge >= 0.3 is 0 Å². The first-order chi connectivity index (χ1) is 6.69. The molecule has 0 saturated carbocycles. The van der Waals surface area contributed by atoms with Gasteiger partial charge in [-0.15, -0.1) is 0 Å². The molecule has 1 atom stereocenters. The molecule has 0 saturated heterocycles. The number of rotatable bonds is 3. The van der Waals surface area contributed by atoms with Gasteiger partial charge in [-0.3, -0.25) is 0 Å². The topological polar surface area (TPSA) is 70.0 Å². The van der Waals surface area contributed by atoms with Crippen LogP contribution in [0.5, 0.6) is 0 Å². The summed E-state index contributed by atoms with van der Waals surface area (Å²) in [5, 5.41) is 17.6. The third kappa shape index (κ3) is 2.55. The maximum atomic E-state index is 9.07. The van der Waals surface area contributed by atoms with Crippen LogP contribution in [0.15, 0.2) is 22.7 Å². The fourth-order valence-electron chi connectivity index (χ4n) is 1.26. The van der Waals surface area contributed by atoms with Crippen LogP contribution < -0.4 is 5.73 Å². The van der Waals surface area contributed by atoms with E-state index in [1.807, 2.05) is 18.2 Å². The summed E-state index contributed by atoms with van der Waals surface area (Å²) in [6.45, 7) is -0.0538. The minimum absolute atomic E-state index is 0.0538. The van der Waals surface area contributed by atoms with E-state index in [4.69, 9.17) is 16.1 Å². The van der Waals surface area contributed by atoms with Crippen molar-refractivity contribution in [1.82, 2.24) is 0 Å². The van der Waals surface area contributed by atoms with Gasteiger partial charge in [0.15, 0.2) is 0 Å². The van der Waals surface area contributed by atoms with E-state index < -0.39 is 0 Å². The predicted molar refractivity (Wildman–Crippen MR) is 57.2 cm³/mol. The Kier molecular flexibility index (Phi) is 4.08. The van der Waals surface area contributed by atoms with E-state index in [1.165, 1.54) is 0 Å². The highest BCUT2D eigenvalue weighted by atomic mass is 79.9. The molecule has 3 N–H and O–H groups in total. The van der Waals surface area contributed by atoms with Crippen LogP contribution in [0.2, 0.25) is 0 Å². The van der Waals surface area contributed by atoms with Crippen LogP contribution in [0.25, 0.3) is 0 Å². The lowest BCUT2D eigenvalue weighted by Gasteiger charge is -2.12. The van der Waals surface area contributed by atoms with Crippen LogP contribution in [0.3, 0.4) is 0 Å². The highest BCUT2D eigenvalue weighted by Gasteiger charge is 2.10. The van der Waals surface area contributed by atoms with E-state index in [2.05, 4.69) is 15.9 Å². The molecule has 4 heteroatoms. The second-order valence-electron chi connectivity index (χ2n) is 2.97. The van der Waals surface area contributed by atoms with E-state index in [0.29, 0.717) is 0 Å². The second-order valence-corrected chi connectivity index (χ2v) is 3.89. The second kappa shape index (κ2) is 5.11. The molecule has 1 aromatic carbocycles. The highest BCUT2D eigenvalue weighted by molar-refractivity contribution is 9.10. The van der Waals surface area contributed by atoms with Crippen LogP contribution in [-0.4, -0.2) is 5.11 Å². The quantitative estimate of drug-likeness (QED) is 0.865. The van der Waals surface area contributed by atoms with Gasteiger partial charge in [-0.05, 0) is 23.3 Å². The smallest absolute Gasteiger partial charge is 0.0685 e. The Morgan fingerprint density at radius 3 is 2.86 bits per heavy atom. The van der Waals surface area contributed by atoms with Crippen LogP contribution >= 0.6 is 15.9 Å². The molecule has 14 heavy (non-hydrogen) atoms. The maximum Gasteiger partial charge on any atom is 0.0685 e. The Bertz CT molecular complexity index is 360. The van der Waals surface area contributed by atoms with Gasteiger partial charge in [0, 0.05) is 10.5 Å². The summed E-state index contributed by atoms with van der Waals surface area (Å²) < 4.78 is 0.901. The van der Waals surface area contributed by atoms with Crippen molar-refractivity contribution < 1.29 is 5.11 Å². The third-order valence-electron chi connectivity index (χ3n) is 1.99. The fraction of sp³-hybridized carbons (Fsp3) is 0.300. The average molecular weight is 255 g/mol. The molecule has 3 nitrogen and oxygen atoms in total. The minimum Gasteiger partial charge on any atom is -0.392 e. The van der Waals surface area contributed by atoms with Gasteiger partial charge in [0.25, 0.3) is 0 Å². The first kappa shape index (κ1) is 11.2. The van der Waals surface area contributed by atoms with Crippen LogP contribution in [0, 0.1) is 11.3 Å². The molecule has 0 bridgehead atoms. The molecular formula is C10H11BrN2O. The highest BCUT2D eigenvalue weighted by Crippen LogP contribution is 2.23. The predicted octanol–water partition coefficient (Wildman–Crippen LogP) is 1.85. The summed E-state index contributed by atoms with van der Waals surface area (Å²) in [6.07, 6.45) is 0.253. The minimum atomic E-state index is -0.334. The molecule has 0 aliphatic rings. The van der Waals surface area contributed by atoms with Crippen molar-refractivity contribution in [2.75, 3.05) is 0 Å². The Morgan fingerprint density at radius 1 is 1.57 bits per heavy atom. The third-order valence-corrected chi connectivity index (χ3v) is 2.48. The molecule has 0 radical (unpaired) electrons. The normalized spacial score (nSPS) is 12.1. The number of hydrogen-bond donors (Lipinski definition) is 2. The lowest BCUT2D eigenvalue weighted by Crippen LogP contribution is -2.12. The van der Waals surface area contributed by atoms with E-state index in [1.54, 1.807) is 6.07 Å². The summed E-state index contributed by atoms with van der Waals surface area (Å²) in [5.41, 5.74) is 7.39. The molecule has 1 rings (SSSR count). The zero-order chi connectivity index (χ0) is 10.6. The largest absolute Gasteiger partial charge is 0.392 e. The van der Waals surface area contributed by atoms with Gasteiger partial charge in [-0.25, -0.2) is 0 Å². The molecule has 0 spiro atoms. The standard InChI is InChI=1S/C10H11BrN2O/c11-8-2-1-7(6-14)9(5-8)10(13)3-4-12/h1-2,5,10,14H,3,6,13H2/t10-/m1/s1. The van der Waals surface area contributed by atoms with Crippen molar-refractivity contribution in [2.24, 2.45) is 5.73 Å². The summed E-state index contributed by atoms with van der Waals surface area (Å²) in [5.74, 6) is 0. The molecular weight excluding hydrogens is 244 g/mol. The number of halogens is 1. The number of nitrogens with zero attached hydrogens (tertiary/aromatic N) is 1. The van der Waals surface area contributed by atoms with Gasteiger partial charge in [0.05, 0.1) is 19.1 Å². The van der Waals surface area contributed by atoms with Crippen molar-refractivity contribution >= 4 is 15.9 Å². The molecule has 0 unspecified atom stereocenters. The Balaban J connectivity index is 3.04. The SMILES string of the molecule is N#CC[C@@H](N)c1cc(Br)ccc1CO. The fourth-order valence-corrected chi connectivity index (χ4v) is 1.64. The number of benzene rings is 1. The molecule has 1 aromatic rings. The first-order valence-corrected chi connectivity index (χ1v) is 5.00. The molecule has 0 aliphatic carbocycles. The molecule has 0 aliphatic heterocycles. The van der Waals surface area contributed by atoms with Crippen LogP contribution in [-0.2, 0) is 6.61 Å². The Hall–Kier alpha value is -0.890. The zero-order valence-corrected chi connectivity index (χ0v) is 9.16. The zero-order valence-electron chi connectivity index (χ0n) is 7.57. The lowest BCUT2D eigenvalue weighted by molar-refractivity contribution is 0.280. The van der Waals surface area contributed by atoms with Crippen molar-refractivity contribution in [2.45, 2.75) is 19.1 Å². The van der Waals surface area contributed by atoms with E-state index in [9.17, 15) is 0 Å². The number of hydrogen-bond acceptors (Lipinski definition) is 3. The van der Waals surface area contributed by atoms with E-state index >= 15 is 0 Å². The van der Waals surface area contributed by atoms with Gasteiger partial charge in [-0.2, -0.15) is 5.26 Å². The van der Waals surface area contributed by atoms with E-state index in [-0.39, 0.29) is 19.1 Å². The Morgan fingerprint density at radius 2 is 2.29 bits per heavy atom. The van der Waals surface area contributed by atoms with Gasteiger partial charge in [0.1, 0.15) is 0 Å². The average Bonchev–Trinajstić information content (AvgIpc) is 2.18. The summed E-state index contributed by atoms with van der Waals surface area (Å²) in [6, 6.07) is 7.17. The number of aliphatic hydroxyl groups is 1. The number of nitriles is 1. The number of nitrogens with two attached hydrogens (primary N) is 1. The molecule has 0 amide bonds. The van der Waals surface area contributed by atoms with Gasteiger partial charge < -0.3 is 10.8 Å². The molecule has 0 fully saturated rings. The molecule has 0 aromatic heterocycles. The van der Waals surface area contributed by atoms with Crippen molar-refractivity contribution in [3.8, 4) is 6.07 Å². The molecule has 0 heterocycles. The molecule has 74 valence electrons. The number of aliphatic hydroxyl groups excluding tert-OH is 1. The van der Waals surface area contributed by atoms with Crippen molar-refractivity contribution in [3.63, 3.8) is 0 Å². The summed E-state index contributed by atoms with van der Waals surface area (Å²) in [7, 11) is 0. The summed E-state index contributed by atoms with van der Waals surface area (Å²) in [4.78, 5) is 0. The van der Waals surface area contributed by atoms with Gasteiger partial charge in [0.2, 0.25) is 0 Å². The lowest BCUT2D eigenvalue weighted by atomic mass is 10.00. The van der Waals surface area contributed by atoms with Gasteiger partial charge in [-0.1, -0.05) is 22.0 Å².